The van der Waals surface area contributed by atoms with Crippen molar-refractivity contribution in [2.75, 3.05) is 0 Å². The second-order valence-corrected chi connectivity index (χ2v) is 4.97. The fourth-order valence-electron chi connectivity index (χ4n) is 2.04. The van der Waals surface area contributed by atoms with Crippen molar-refractivity contribution in [3.63, 3.8) is 0 Å². The molecule has 0 fully saturated rings. The number of rotatable bonds is 6. The molecule has 114 valence electrons. The number of ketones is 1. The van der Waals surface area contributed by atoms with Crippen LogP contribution in [0.15, 0.2) is 48.8 Å². The standard InChI is InChI=1S/C16H17N3O3/c17-13(16(21)22)8-10-3-5-11(6-4-10)14(18)15(20)12-2-1-7-19-9-12/h1-7,9,13-14H,8,17-18H2,(H,21,22). The number of nitrogens with two attached hydrogens (primary N) is 2. The Hall–Kier alpha value is -2.57. The van der Waals surface area contributed by atoms with Crippen molar-refractivity contribution in [1.82, 2.24) is 4.98 Å². The highest BCUT2D eigenvalue weighted by Gasteiger charge is 2.18. The fraction of sp³-hybridized carbons (Fsp3) is 0.188. The van der Waals surface area contributed by atoms with Crippen LogP contribution in [0.1, 0.15) is 27.5 Å². The third kappa shape index (κ3) is 3.75. The summed E-state index contributed by atoms with van der Waals surface area (Å²) in [7, 11) is 0. The van der Waals surface area contributed by atoms with Crippen molar-refractivity contribution in [2.45, 2.75) is 18.5 Å². The molecule has 0 radical (unpaired) electrons. The molecule has 2 aromatic rings. The number of aliphatic carboxylic acids is 1. The van der Waals surface area contributed by atoms with Crippen molar-refractivity contribution in [3.8, 4) is 0 Å². The third-order valence-corrected chi connectivity index (χ3v) is 3.34. The van der Waals surface area contributed by atoms with Crippen molar-refractivity contribution in [3.05, 3.63) is 65.5 Å². The summed E-state index contributed by atoms with van der Waals surface area (Å²) < 4.78 is 0. The number of carbonyl (C=O) groups excluding carboxylic acids is 1. The highest BCUT2D eigenvalue weighted by atomic mass is 16.4. The van der Waals surface area contributed by atoms with E-state index in [-0.39, 0.29) is 12.2 Å². The van der Waals surface area contributed by atoms with Gasteiger partial charge in [0.15, 0.2) is 5.78 Å². The zero-order valence-corrected chi connectivity index (χ0v) is 11.8. The molecule has 6 heteroatoms. The van der Waals surface area contributed by atoms with Crippen molar-refractivity contribution in [2.24, 2.45) is 11.5 Å². The van der Waals surface area contributed by atoms with Crippen LogP contribution in [-0.4, -0.2) is 27.9 Å². The van der Waals surface area contributed by atoms with Crippen LogP contribution in [-0.2, 0) is 11.2 Å². The summed E-state index contributed by atoms with van der Waals surface area (Å²) in [5.74, 6) is -1.27. The SMILES string of the molecule is NC(Cc1ccc(C(N)C(=O)c2cccnc2)cc1)C(=O)O. The Bertz CT molecular complexity index is 656. The van der Waals surface area contributed by atoms with Crippen LogP contribution in [0.4, 0.5) is 0 Å². The Labute approximate surface area is 127 Å². The topological polar surface area (TPSA) is 119 Å². The predicted octanol–water partition coefficient (Wildman–Crippen LogP) is 0.919. The molecule has 2 unspecified atom stereocenters. The van der Waals surface area contributed by atoms with Gasteiger partial charge in [0.2, 0.25) is 0 Å². The number of pyridine rings is 1. The number of carboxylic acid groups (broad SMARTS) is 1. The molecule has 0 bridgehead atoms. The third-order valence-electron chi connectivity index (χ3n) is 3.34. The van der Waals surface area contributed by atoms with Gasteiger partial charge >= 0.3 is 5.97 Å². The van der Waals surface area contributed by atoms with E-state index in [1.807, 2.05) is 0 Å². The molecule has 0 aliphatic rings. The molecule has 5 N–H and O–H groups in total. The van der Waals surface area contributed by atoms with Gasteiger partial charge in [0.05, 0.1) is 6.04 Å². The van der Waals surface area contributed by atoms with Crippen LogP contribution in [0.25, 0.3) is 0 Å². The Morgan fingerprint density at radius 2 is 1.82 bits per heavy atom. The average molecular weight is 299 g/mol. The molecule has 1 heterocycles. The molecule has 2 atom stereocenters. The molecule has 22 heavy (non-hydrogen) atoms. The van der Waals surface area contributed by atoms with Gasteiger partial charge in [-0.1, -0.05) is 24.3 Å². The number of aromatic nitrogens is 1. The number of carbonyl (C=O) groups is 2. The van der Waals surface area contributed by atoms with Gasteiger partial charge in [0, 0.05) is 18.0 Å². The monoisotopic (exact) mass is 299 g/mol. The normalized spacial score (nSPS) is 13.4. The lowest BCUT2D eigenvalue weighted by atomic mass is 9.97. The van der Waals surface area contributed by atoms with Gasteiger partial charge in [-0.2, -0.15) is 0 Å². The first-order valence-electron chi connectivity index (χ1n) is 6.76. The number of hydrogen-bond donors (Lipinski definition) is 3. The minimum Gasteiger partial charge on any atom is -0.480 e. The highest BCUT2D eigenvalue weighted by molar-refractivity contribution is 6.00. The molecule has 1 aromatic carbocycles. The van der Waals surface area contributed by atoms with Crippen LogP contribution in [0.2, 0.25) is 0 Å². The van der Waals surface area contributed by atoms with Crippen LogP contribution in [0, 0.1) is 0 Å². The van der Waals surface area contributed by atoms with Gasteiger partial charge in [-0.15, -0.1) is 0 Å². The summed E-state index contributed by atoms with van der Waals surface area (Å²) in [5.41, 5.74) is 13.3. The smallest absolute Gasteiger partial charge is 0.320 e. The largest absolute Gasteiger partial charge is 0.480 e. The lowest BCUT2D eigenvalue weighted by Crippen LogP contribution is -2.32. The van der Waals surface area contributed by atoms with Crippen LogP contribution in [0.3, 0.4) is 0 Å². The molecule has 0 saturated heterocycles. The van der Waals surface area contributed by atoms with E-state index in [2.05, 4.69) is 4.98 Å². The van der Waals surface area contributed by atoms with E-state index in [9.17, 15) is 9.59 Å². The number of benzene rings is 1. The molecule has 2 rings (SSSR count). The van der Waals surface area contributed by atoms with Gasteiger partial charge in [-0.05, 0) is 29.7 Å². The molecule has 0 saturated carbocycles. The van der Waals surface area contributed by atoms with E-state index in [0.717, 1.165) is 5.56 Å². The molecule has 0 aliphatic carbocycles. The van der Waals surface area contributed by atoms with Gasteiger partial charge in [-0.3, -0.25) is 14.6 Å². The van der Waals surface area contributed by atoms with Gasteiger partial charge < -0.3 is 16.6 Å². The molecular weight excluding hydrogens is 282 g/mol. The lowest BCUT2D eigenvalue weighted by molar-refractivity contribution is -0.138. The predicted molar refractivity (Wildman–Crippen MR) is 81.3 cm³/mol. The number of Topliss-reactive ketones (excluding diaryl/α,β-unsaturated/α-hetero) is 1. The highest BCUT2D eigenvalue weighted by Crippen LogP contribution is 2.17. The molecule has 0 spiro atoms. The maximum absolute atomic E-state index is 12.2. The maximum atomic E-state index is 12.2. The van der Waals surface area contributed by atoms with E-state index in [1.165, 1.54) is 6.20 Å². The fourth-order valence-corrected chi connectivity index (χ4v) is 2.04. The summed E-state index contributed by atoms with van der Waals surface area (Å²) in [6.45, 7) is 0. The zero-order valence-electron chi connectivity index (χ0n) is 11.8. The minimum atomic E-state index is -1.05. The summed E-state index contributed by atoms with van der Waals surface area (Å²) >= 11 is 0. The summed E-state index contributed by atoms with van der Waals surface area (Å²) in [5, 5.41) is 8.79. The first-order valence-corrected chi connectivity index (χ1v) is 6.76. The van der Waals surface area contributed by atoms with Gasteiger partial charge in [0.25, 0.3) is 0 Å². The number of hydrogen-bond acceptors (Lipinski definition) is 5. The minimum absolute atomic E-state index is 0.219. The average Bonchev–Trinajstić information content (AvgIpc) is 2.55. The van der Waals surface area contributed by atoms with Crippen LogP contribution >= 0.6 is 0 Å². The Morgan fingerprint density at radius 1 is 1.14 bits per heavy atom. The van der Waals surface area contributed by atoms with E-state index >= 15 is 0 Å². The quantitative estimate of drug-likeness (QED) is 0.682. The van der Waals surface area contributed by atoms with E-state index in [1.54, 1.807) is 42.6 Å². The summed E-state index contributed by atoms with van der Waals surface area (Å²) in [6.07, 6.45) is 3.28. The van der Waals surface area contributed by atoms with Gasteiger partial charge in [-0.25, -0.2) is 0 Å². The van der Waals surface area contributed by atoms with E-state index in [4.69, 9.17) is 16.6 Å². The second-order valence-electron chi connectivity index (χ2n) is 4.97. The van der Waals surface area contributed by atoms with Crippen molar-refractivity contribution < 1.29 is 14.7 Å². The van der Waals surface area contributed by atoms with Crippen LogP contribution in [0.5, 0.6) is 0 Å². The van der Waals surface area contributed by atoms with Crippen molar-refractivity contribution >= 4 is 11.8 Å². The Balaban J connectivity index is 2.10. The van der Waals surface area contributed by atoms with E-state index in [0.29, 0.717) is 11.1 Å². The summed E-state index contributed by atoms with van der Waals surface area (Å²) in [4.78, 5) is 26.9. The number of nitrogens with zero attached hydrogens (tertiary/aromatic N) is 1. The molecule has 1 aromatic heterocycles. The molecule has 0 aliphatic heterocycles. The van der Waals surface area contributed by atoms with Gasteiger partial charge in [0.1, 0.15) is 6.04 Å². The Kier molecular flexibility index (Phi) is 4.98. The molecule has 0 amide bonds. The maximum Gasteiger partial charge on any atom is 0.320 e. The van der Waals surface area contributed by atoms with E-state index < -0.39 is 18.1 Å². The molecular formula is C16H17N3O3. The second kappa shape index (κ2) is 6.93. The first-order chi connectivity index (χ1) is 10.5. The van der Waals surface area contributed by atoms with Crippen molar-refractivity contribution in [1.29, 1.82) is 0 Å². The summed E-state index contributed by atoms with van der Waals surface area (Å²) in [6, 6.07) is 8.49. The number of carboxylic acids is 1. The lowest BCUT2D eigenvalue weighted by Gasteiger charge is -2.12. The Morgan fingerprint density at radius 3 is 2.36 bits per heavy atom. The first kappa shape index (κ1) is 15.8. The van der Waals surface area contributed by atoms with Crippen LogP contribution < -0.4 is 11.5 Å². The zero-order chi connectivity index (χ0) is 16.1. The molecule has 6 nitrogen and oxygen atoms in total.